The van der Waals surface area contributed by atoms with Crippen molar-refractivity contribution < 1.29 is 9.90 Å². The summed E-state index contributed by atoms with van der Waals surface area (Å²) in [5.74, 6) is -0.0316. The minimum atomic E-state index is -0.0926. The maximum absolute atomic E-state index is 12.5. The van der Waals surface area contributed by atoms with E-state index in [1.807, 2.05) is 42.5 Å². The Morgan fingerprint density at radius 3 is 2.77 bits per heavy atom. The van der Waals surface area contributed by atoms with Crippen molar-refractivity contribution in [2.75, 3.05) is 30.3 Å². The van der Waals surface area contributed by atoms with Crippen LogP contribution in [0.1, 0.15) is 18.4 Å². The largest absolute Gasteiger partial charge is 0.392 e. The Hall–Kier alpha value is -2.67. The van der Waals surface area contributed by atoms with Crippen molar-refractivity contribution in [3.8, 4) is 0 Å². The van der Waals surface area contributed by atoms with E-state index in [2.05, 4.69) is 20.5 Å². The second-order valence-corrected chi connectivity index (χ2v) is 7.99. The molecule has 0 bridgehead atoms. The van der Waals surface area contributed by atoms with E-state index in [0.29, 0.717) is 17.3 Å². The summed E-state index contributed by atoms with van der Waals surface area (Å²) in [6.45, 7) is 1.93. The molecule has 3 aromatic rings. The van der Waals surface area contributed by atoms with E-state index in [1.165, 1.54) is 0 Å². The number of aliphatic hydroxyl groups excluding tert-OH is 1. The first kappa shape index (κ1) is 20.6. The Morgan fingerprint density at radius 2 is 1.97 bits per heavy atom. The number of aromatic nitrogens is 1. The number of fused-ring (bicyclic) bond motifs is 1. The van der Waals surface area contributed by atoms with Gasteiger partial charge in [0.15, 0.2) is 0 Å². The van der Waals surface area contributed by atoms with Gasteiger partial charge in [-0.15, -0.1) is 0 Å². The maximum atomic E-state index is 12.5. The predicted molar refractivity (Wildman–Crippen MR) is 121 cm³/mol. The van der Waals surface area contributed by atoms with Gasteiger partial charge in [0.2, 0.25) is 5.91 Å². The van der Waals surface area contributed by atoms with Gasteiger partial charge in [-0.3, -0.25) is 14.7 Å². The lowest BCUT2D eigenvalue weighted by Crippen LogP contribution is -2.42. The lowest BCUT2D eigenvalue weighted by molar-refractivity contribution is -0.117. The number of benzene rings is 2. The van der Waals surface area contributed by atoms with Gasteiger partial charge in [-0.2, -0.15) is 0 Å². The fourth-order valence-electron chi connectivity index (χ4n) is 3.85. The van der Waals surface area contributed by atoms with Crippen molar-refractivity contribution in [1.29, 1.82) is 0 Å². The van der Waals surface area contributed by atoms with Crippen LogP contribution < -0.4 is 10.6 Å². The average Bonchev–Trinajstić information content (AvgIpc) is 2.75. The zero-order chi connectivity index (χ0) is 20.9. The lowest BCUT2D eigenvalue weighted by Gasteiger charge is -2.32. The van der Waals surface area contributed by atoms with Crippen molar-refractivity contribution in [2.24, 2.45) is 0 Å². The third kappa shape index (κ3) is 4.90. The second kappa shape index (κ2) is 9.43. The van der Waals surface area contributed by atoms with Gasteiger partial charge in [-0.05, 0) is 37.1 Å². The molecule has 0 aliphatic carbocycles. The van der Waals surface area contributed by atoms with E-state index in [-0.39, 0.29) is 18.6 Å². The molecule has 1 aliphatic rings. The summed E-state index contributed by atoms with van der Waals surface area (Å²) in [5, 5.41) is 17.6. The molecular formula is C23H25ClN4O2. The van der Waals surface area contributed by atoms with Crippen molar-refractivity contribution in [1.82, 2.24) is 9.88 Å². The first-order valence-corrected chi connectivity index (χ1v) is 10.5. The fraction of sp³-hybridized carbons (Fsp3) is 0.304. The van der Waals surface area contributed by atoms with Crippen molar-refractivity contribution in [2.45, 2.75) is 25.5 Å². The molecule has 0 spiro atoms. The molecule has 156 valence electrons. The number of piperidine rings is 1. The highest BCUT2D eigenvalue weighted by atomic mass is 35.5. The van der Waals surface area contributed by atoms with Crippen molar-refractivity contribution in [3.05, 3.63) is 65.3 Å². The molecule has 1 aliphatic heterocycles. The van der Waals surface area contributed by atoms with Crippen LogP contribution in [0, 0.1) is 0 Å². The number of likely N-dealkylation sites (tertiary alicyclic amines) is 1. The van der Waals surface area contributed by atoms with E-state index in [0.717, 1.165) is 48.1 Å². The van der Waals surface area contributed by atoms with Gasteiger partial charge in [0, 0.05) is 40.8 Å². The molecule has 2 aromatic carbocycles. The van der Waals surface area contributed by atoms with Crippen LogP contribution in [0.5, 0.6) is 0 Å². The molecule has 7 heteroatoms. The molecule has 0 unspecified atom stereocenters. The van der Waals surface area contributed by atoms with Crippen LogP contribution in [0.3, 0.4) is 0 Å². The average molecular weight is 425 g/mol. The minimum Gasteiger partial charge on any atom is -0.392 e. The maximum Gasteiger partial charge on any atom is 0.238 e. The summed E-state index contributed by atoms with van der Waals surface area (Å²) >= 11 is 6.17. The zero-order valence-corrected chi connectivity index (χ0v) is 17.4. The van der Waals surface area contributed by atoms with Gasteiger partial charge in [0.1, 0.15) is 0 Å². The Bertz CT molecular complexity index is 1030. The molecule has 0 radical (unpaired) electrons. The number of para-hydroxylation sites is 1. The molecule has 0 atom stereocenters. The number of carbonyl (C=O) groups is 1. The predicted octanol–water partition coefficient (Wildman–Crippen LogP) is 3.90. The SMILES string of the molecule is O=C(CN1CCC(Nc2cccc(Cl)c2CO)CC1)Nc1cnc2ccccc2c1. The van der Waals surface area contributed by atoms with Crippen molar-refractivity contribution in [3.63, 3.8) is 0 Å². The first-order valence-electron chi connectivity index (χ1n) is 10.1. The number of nitrogens with one attached hydrogen (secondary N) is 2. The van der Waals surface area contributed by atoms with Gasteiger partial charge < -0.3 is 15.7 Å². The number of rotatable bonds is 6. The molecule has 1 fully saturated rings. The summed E-state index contributed by atoms with van der Waals surface area (Å²) < 4.78 is 0. The Kier molecular flexibility index (Phi) is 6.47. The Morgan fingerprint density at radius 1 is 1.17 bits per heavy atom. The number of hydrogen-bond donors (Lipinski definition) is 3. The van der Waals surface area contributed by atoms with Crippen LogP contribution in [0.15, 0.2) is 54.7 Å². The zero-order valence-electron chi connectivity index (χ0n) is 16.6. The van der Waals surface area contributed by atoms with E-state index in [9.17, 15) is 9.90 Å². The Labute approximate surface area is 180 Å². The van der Waals surface area contributed by atoms with E-state index >= 15 is 0 Å². The number of halogens is 1. The molecule has 30 heavy (non-hydrogen) atoms. The third-order valence-corrected chi connectivity index (χ3v) is 5.82. The van der Waals surface area contributed by atoms with Crippen LogP contribution >= 0.6 is 11.6 Å². The highest BCUT2D eigenvalue weighted by Gasteiger charge is 2.21. The monoisotopic (exact) mass is 424 g/mol. The number of amides is 1. The van der Waals surface area contributed by atoms with E-state index < -0.39 is 0 Å². The molecule has 1 amide bonds. The van der Waals surface area contributed by atoms with Gasteiger partial charge >= 0.3 is 0 Å². The number of carbonyl (C=O) groups excluding carboxylic acids is 1. The first-order chi connectivity index (χ1) is 14.6. The highest BCUT2D eigenvalue weighted by Crippen LogP contribution is 2.26. The van der Waals surface area contributed by atoms with Crippen LogP contribution in [-0.4, -0.2) is 46.6 Å². The lowest BCUT2D eigenvalue weighted by atomic mass is 10.0. The van der Waals surface area contributed by atoms with E-state index in [1.54, 1.807) is 12.3 Å². The summed E-state index contributed by atoms with van der Waals surface area (Å²) in [5.41, 5.74) is 3.23. The summed E-state index contributed by atoms with van der Waals surface area (Å²) in [6.07, 6.45) is 3.53. The molecule has 4 rings (SSSR count). The van der Waals surface area contributed by atoms with E-state index in [4.69, 9.17) is 11.6 Å². The summed E-state index contributed by atoms with van der Waals surface area (Å²) in [7, 11) is 0. The molecule has 1 aromatic heterocycles. The topological polar surface area (TPSA) is 77.5 Å². The second-order valence-electron chi connectivity index (χ2n) is 7.58. The number of pyridine rings is 1. The summed E-state index contributed by atoms with van der Waals surface area (Å²) in [4.78, 5) is 19.0. The Balaban J connectivity index is 1.28. The molecule has 2 heterocycles. The van der Waals surface area contributed by atoms with Gasteiger partial charge in [-0.1, -0.05) is 35.9 Å². The normalized spacial score (nSPS) is 15.3. The molecule has 0 saturated carbocycles. The number of anilines is 2. The molecule has 6 nitrogen and oxygen atoms in total. The molecular weight excluding hydrogens is 400 g/mol. The highest BCUT2D eigenvalue weighted by molar-refractivity contribution is 6.31. The van der Waals surface area contributed by atoms with Crippen LogP contribution in [0.2, 0.25) is 5.02 Å². The molecule has 1 saturated heterocycles. The third-order valence-electron chi connectivity index (χ3n) is 5.47. The quantitative estimate of drug-likeness (QED) is 0.559. The van der Waals surface area contributed by atoms with Crippen LogP contribution in [0.25, 0.3) is 10.9 Å². The fourth-order valence-corrected chi connectivity index (χ4v) is 4.09. The minimum absolute atomic E-state index is 0.0316. The van der Waals surface area contributed by atoms with Gasteiger partial charge in [-0.25, -0.2) is 0 Å². The number of aliphatic hydroxyl groups is 1. The molecule has 3 N–H and O–H groups in total. The standard InChI is InChI=1S/C23H25ClN4O2/c24-20-5-3-7-22(19(20)15-29)26-17-8-10-28(11-9-17)14-23(30)27-18-12-16-4-1-2-6-21(16)25-13-18/h1-7,12-13,17,26,29H,8-11,14-15H2,(H,27,30). The van der Waals surface area contributed by atoms with Gasteiger partial charge in [0.05, 0.1) is 30.6 Å². The smallest absolute Gasteiger partial charge is 0.238 e. The summed E-state index contributed by atoms with van der Waals surface area (Å²) in [6, 6.07) is 15.7. The number of hydrogen-bond acceptors (Lipinski definition) is 5. The van der Waals surface area contributed by atoms with Crippen molar-refractivity contribution >= 4 is 39.8 Å². The number of nitrogens with zero attached hydrogens (tertiary/aromatic N) is 2. The van der Waals surface area contributed by atoms with Crippen LogP contribution in [-0.2, 0) is 11.4 Å². The van der Waals surface area contributed by atoms with Gasteiger partial charge in [0.25, 0.3) is 0 Å². The van der Waals surface area contributed by atoms with Crippen LogP contribution in [0.4, 0.5) is 11.4 Å².